The van der Waals surface area contributed by atoms with E-state index in [4.69, 9.17) is 0 Å². The van der Waals surface area contributed by atoms with Gasteiger partial charge in [-0.3, -0.25) is 0 Å². The van der Waals surface area contributed by atoms with E-state index < -0.39 is 0 Å². The molecule has 4 aliphatic carbocycles. The van der Waals surface area contributed by atoms with E-state index in [9.17, 15) is 0 Å². The first-order valence-corrected chi connectivity index (χ1v) is 15.4. The Morgan fingerprint density at radius 1 is 0.605 bits per heavy atom. The molecule has 3 heteroatoms. The van der Waals surface area contributed by atoms with Crippen LogP contribution in [0.1, 0.15) is 78.4 Å². The second-order valence-electron chi connectivity index (χ2n) is 13.6. The summed E-state index contributed by atoms with van der Waals surface area (Å²) in [7, 11) is 0. The van der Waals surface area contributed by atoms with Crippen LogP contribution in [0.4, 0.5) is 0 Å². The van der Waals surface area contributed by atoms with Crippen molar-refractivity contribution in [1.82, 2.24) is 0 Å². The molecule has 43 heavy (non-hydrogen) atoms. The molecule has 2 fully saturated rings. The summed E-state index contributed by atoms with van der Waals surface area (Å²) in [6.45, 7) is 14.2. The van der Waals surface area contributed by atoms with Crippen molar-refractivity contribution in [3.8, 4) is 0 Å². The van der Waals surface area contributed by atoms with Crippen molar-refractivity contribution in [2.75, 3.05) is 0 Å². The predicted octanol–water partition coefficient (Wildman–Crippen LogP) is 5.02. The van der Waals surface area contributed by atoms with Crippen LogP contribution in [-0.2, 0) is 26.2 Å². The molecule has 6 rings (SSSR count). The first-order valence-electron chi connectivity index (χ1n) is 15.4. The molecule has 0 saturated heterocycles. The van der Waals surface area contributed by atoms with E-state index in [1.807, 2.05) is 36.4 Å². The molecule has 0 aromatic heterocycles. The Bertz CT molecular complexity index is 1090. The smallest absolute Gasteiger partial charge is 1.00 e. The largest absolute Gasteiger partial charge is 2.00 e. The van der Waals surface area contributed by atoms with Crippen molar-refractivity contribution < 1.29 is 51.0 Å². The van der Waals surface area contributed by atoms with E-state index in [0.717, 1.165) is 23.7 Å². The van der Waals surface area contributed by atoms with Crippen molar-refractivity contribution >= 4 is 0 Å². The Labute approximate surface area is 295 Å². The van der Waals surface area contributed by atoms with Gasteiger partial charge in [0.2, 0.25) is 0 Å². The molecule has 0 heterocycles. The molecule has 4 unspecified atom stereocenters. The number of hydrogen-bond donors (Lipinski definition) is 0. The zero-order valence-corrected chi connectivity index (χ0v) is 30.9. The molecule has 0 spiro atoms. The maximum absolute atomic E-state index is 2.45. The van der Waals surface area contributed by atoms with Crippen molar-refractivity contribution in [1.29, 1.82) is 0 Å². The fourth-order valence-electron chi connectivity index (χ4n) is 6.63. The molecule has 0 radical (unpaired) electrons. The second kappa shape index (κ2) is 18.3. The van der Waals surface area contributed by atoms with Gasteiger partial charge in [0, 0.05) is 0 Å². The number of hydrogen-bond acceptors (Lipinski definition) is 0. The SMILES string of the molecule is CC1[CH-]C2=CC=CCC(C)(C)C2C1.CC1[CH-]C2=CC=CCC(C)(C)C2C1.[Cl-].[Cl-].[Zr+2].c1ccc([CH-][CH-]c2ccccc2)cc1. The number of rotatable bonds is 3. The summed E-state index contributed by atoms with van der Waals surface area (Å²) in [5.41, 5.74) is 6.53. The second-order valence-corrected chi connectivity index (χ2v) is 13.6. The summed E-state index contributed by atoms with van der Waals surface area (Å²) in [6.07, 6.45) is 28.0. The molecule has 0 nitrogen and oxygen atoms in total. The number of halogens is 2. The van der Waals surface area contributed by atoms with Crippen LogP contribution in [0.25, 0.3) is 0 Å². The minimum absolute atomic E-state index is 0. The Hall–Kier alpha value is -1.66. The molecule has 0 amide bonds. The van der Waals surface area contributed by atoms with Gasteiger partial charge in [-0.25, -0.2) is 60.1 Å². The third-order valence-electron chi connectivity index (χ3n) is 9.07. The molecule has 2 aromatic carbocycles. The van der Waals surface area contributed by atoms with Crippen LogP contribution < -0.4 is 24.8 Å². The third-order valence-corrected chi connectivity index (χ3v) is 9.07. The Balaban J connectivity index is 0.000000312. The van der Waals surface area contributed by atoms with E-state index in [1.165, 1.54) is 36.8 Å². The van der Waals surface area contributed by atoms with Gasteiger partial charge < -0.3 is 24.8 Å². The Kier molecular flexibility index (Phi) is 16.8. The van der Waals surface area contributed by atoms with Gasteiger partial charge >= 0.3 is 26.2 Å². The van der Waals surface area contributed by atoms with Gasteiger partial charge in [0.25, 0.3) is 0 Å². The van der Waals surface area contributed by atoms with Gasteiger partial charge in [-0.05, 0) is 35.5 Å². The molecule has 2 saturated carbocycles. The Morgan fingerprint density at radius 2 is 0.953 bits per heavy atom. The first kappa shape index (κ1) is 39.4. The monoisotopic (exact) mass is 690 g/mol. The van der Waals surface area contributed by atoms with Crippen LogP contribution >= 0.6 is 0 Å². The first-order chi connectivity index (χ1) is 19.1. The summed E-state index contributed by atoms with van der Waals surface area (Å²) < 4.78 is 0. The maximum atomic E-state index is 2.45. The van der Waals surface area contributed by atoms with Crippen LogP contribution in [0, 0.1) is 60.2 Å². The van der Waals surface area contributed by atoms with E-state index >= 15 is 0 Å². The minimum Gasteiger partial charge on any atom is -1.00 e. The van der Waals surface area contributed by atoms with Crippen molar-refractivity contribution in [2.45, 2.75) is 67.2 Å². The number of fused-ring (bicyclic) bond motifs is 2. The van der Waals surface area contributed by atoms with Crippen LogP contribution in [0.15, 0.2) is 108 Å². The van der Waals surface area contributed by atoms with Gasteiger partial charge in [-0.2, -0.15) is 24.3 Å². The van der Waals surface area contributed by atoms with Gasteiger partial charge in [0.15, 0.2) is 0 Å². The van der Waals surface area contributed by atoms with Gasteiger partial charge in [-0.15, -0.1) is 48.6 Å². The summed E-state index contributed by atoms with van der Waals surface area (Å²) in [6, 6.07) is 20.6. The van der Waals surface area contributed by atoms with Crippen molar-refractivity contribution in [3.05, 3.63) is 145 Å². The van der Waals surface area contributed by atoms with E-state index in [0.29, 0.717) is 10.8 Å². The normalized spacial score (nSPS) is 24.9. The van der Waals surface area contributed by atoms with Crippen LogP contribution in [-0.4, -0.2) is 0 Å². The van der Waals surface area contributed by atoms with Crippen LogP contribution in [0.2, 0.25) is 0 Å². The van der Waals surface area contributed by atoms with Crippen molar-refractivity contribution in [2.24, 2.45) is 34.5 Å². The van der Waals surface area contributed by atoms with Gasteiger partial charge in [-0.1, -0.05) is 78.4 Å². The van der Waals surface area contributed by atoms with E-state index in [2.05, 4.69) is 128 Å². The molecular weight excluding hydrogens is 643 g/mol. The molecule has 232 valence electrons. The molecule has 4 atom stereocenters. The van der Waals surface area contributed by atoms with Crippen molar-refractivity contribution in [3.63, 3.8) is 0 Å². The number of benzene rings is 2. The fraction of sp³-hybridized carbons (Fsp3) is 0.400. The summed E-state index contributed by atoms with van der Waals surface area (Å²) in [5, 5.41) is 0. The average molecular weight is 693 g/mol. The fourth-order valence-corrected chi connectivity index (χ4v) is 6.63. The molecular formula is C40H50Cl2Zr-4. The molecule has 0 aliphatic heterocycles. The topological polar surface area (TPSA) is 0 Å². The Morgan fingerprint density at radius 3 is 1.30 bits per heavy atom. The number of allylic oxidation sites excluding steroid dienone is 8. The molecule has 2 aromatic rings. The zero-order chi connectivity index (χ0) is 28.6. The van der Waals surface area contributed by atoms with Gasteiger partial charge in [0.1, 0.15) is 0 Å². The van der Waals surface area contributed by atoms with Gasteiger partial charge in [0.05, 0.1) is 0 Å². The zero-order valence-electron chi connectivity index (χ0n) is 26.9. The maximum Gasteiger partial charge on any atom is 2.00 e. The standard InChI is InChI=1S/C14H12.2C13H19.2ClH.Zr/c1-3-7-13(8-4-1)11-12-14-9-5-2-6-10-14;2*1-10-8-11-6-4-5-7-13(2,3)12(11)9-10;;;/h1-12H;2*4-6,8,10,12H,7,9H2,1-3H3;2*1H;/q-2;2*-1;;;+2/p-2. The minimum atomic E-state index is 0. The third kappa shape index (κ3) is 11.7. The average Bonchev–Trinajstić information content (AvgIpc) is 3.45. The van der Waals surface area contributed by atoms with E-state index in [1.54, 1.807) is 11.1 Å². The molecule has 0 N–H and O–H groups in total. The molecule has 0 bridgehead atoms. The summed E-state index contributed by atoms with van der Waals surface area (Å²) in [4.78, 5) is 0. The quantitative estimate of drug-likeness (QED) is 0.397. The predicted molar refractivity (Wildman–Crippen MR) is 174 cm³/mol. The molecule has 4 aliphatic rings. The summed E-state index contributed by atoms with van der Waals surface area (Å²) in [5.74, 6) is 3.14. The van der Waals surface area contributed by atoms with E-state index in [-0.39, 0.29) is 51.0 Å². The summed E-state index contributed by atoms with van der Waals surface area (Å²) >= 11 is 0. The van der Waals surface area contributed by atoms with Crippen LogP contribution in [0.5, 0.6) is 0 Å². The van der Waals surface area contributed by atoms with Crippen LogP contribution in [0.3, 0.4) is 0 Å².